The maximum absolute atomic E-state index is 11.4. The lowest BCUT2D eigenvalue weighted by molar-refractivity contribution is -0.121. The van der Waals surface area contributed by atoms with Crippen LogP contribution in [0.25, 0.3) is 0 Å². The van der Waals surface area contributed by atoms with E-state index >= 15 is 0 Å². The van der Waals surface area contributed by atoms with Gasteiger partial charge in [0.2, 0.25) is 5.91 Å². The summed E-state index contributed by atoms with van der Waals surface area (Å²) in [6.45, 7) is 2.12. The van der Waals surface area contributed by atoms with Gasteiger partial charge >= 0.3 is 6.03 Å². The molecule has 1 aliphatic carbocycles. The predicted octanol–water partition coefficient (Wildman–Crippen LogP) is 0.350. The Morgan fingerprint density at radius 1 is 1.33 bits per heavy atom. The van der Waals surface area contributed by atoms with Crippen molar-refractivity contribution in [3.63, 3.8) is 0 Å². The van der Waals surface area contributed by atoms with Crippen molar-refractivity contribution in [1.29, 1.82) is 0 Å². The second kappa shape index (κ2) is 5.58. The van der Waals surface area contributed by atoms with Gasteiger partial charge in [0.05, 0.1) is 6.54 Å². The van der Waals surface area contributed by atoms with Gasteiger partial charge in [-0.05, 0) is 18.8 Å². The van der Waals surface area contributed by atoms with Crippen molar-refractivity contribution in [3.8, 4) is 0 Å². The van der Waals surface area contributed by atoms with Gasteiger partial charge in [-0.3, -0.25) is 4.79 Å². The Bertz CT molecular complexity index is 243. The van der Waals surface area contributed by atoms with Crippen molar-refractivity contribution in [2.45, 2.75) is 38.6 Å². The van der Waals surface area contributed by atoms with E-state index in [0.717, 1.165) is 12.8 Å². The SMILES string of the molecule is C[C@H]1CCCC[C@H]1NC(=O)CNC(N)=O. The number of rotatable bonds is 3. The molecule has 0 spiro atoms. The standard InChI is InChI=1S/C10H19N3O2/c1-7-4-2-3-5-8(7)13-9(14)6-12-10(11)15/h7-8H,2-6H2,1H3,(H,13,14)(H3,11,12,15)/t7-,8+/m0/s1. The smallest absolute Gasteiger partial charge is 0.312 e. The Labute approximate surface area is 89.8 Å². The number of urea groups is 1. The number of nitrogens with two attached hydrogens (primary N) is 1. The minimum atomic E-state index is -0.665. The number of hydrogen-bond acceptors (Lipinski definition) is 2. The highest BCUT2D eigenvalue weighted by atomic mass is 16.2. The molecular weight excluding hydrogens is 194 g/mol. The number of nitrogens with one attached hydrogen (secondary N) is 2. The summed E-state index contributed by atoms with van der Waals surface area (Å²) >= 11 is 0. The molecule has 0 radical (unpaired) electrons. The summed E-state index contributed by atoms with van der Waals surface area (Å²) in [6, 6.07) is -0.414. The molecule has 4 N–H and O–H groups in total. The molecule has 0 aromatic rings. The number of carbonyl (C=O) groups is 2. The maximum atomic E-state index is 11.4. The van der Waals surface area contributed by atoms with Crippen molar-refractivity contribution >= 4 is 11.9 Å². The summed E-state index contributed by atoms with van der Waals surface area (Å²) in [7, 11) is 0. The summed E-state index contributed by atoms with van der Waals surface area (Å²) in [5.41, 5.74) is 4.87. The molecule has 0 saturated heterocycles. The van der Waals surface area contributed by atoms with Gasteiger partial charge in [0.1, 0.15) is 0 Å². The van der Waals surface area contributed by atoms with E-state index in [1.54, 1.807) is 0 Å². The van der Waals surface area contributed by atoms with E-state index in [0.29, 0.717) is 5.92 Å². The van der Waals surface area contributed by atoms with Gasteiger partial charge in [-0.2, -0.15) is 0 Å². The van der Waals surface area contributed by atoms with Gasteiger partial charge in [-0.1, -0.05) is 19.8 Å². The third-order valence-corrected chi connectivity index (χ3v) is 2.88. The highest BCUT2D eigenvalue weighted by molar-refractivity contribution is 5.83. The summed E-state index contributed by atoms with van der Waals surface area (Å²) in [5.74, 6) is 0.365. The minimum Gasteiger partial charge on any atom is -0.352 e. The number of hydrogen-bond donors (Lipinski definition) is 3. The van der Waals surface area contributed by atoms with Crippen molar-refractivity contribution in [2.24, 2.45) is 11.7 Å². The van der Waals surface area contributed by atoms with Crippen molar-refractivity contribution < 1.29 is 9.59 Å². The second-order valence-corrected chi connectivity index (χ2v) is 4.15. The van der Waals surface area contributed by atoms with Crippen LogP contribution in [-0.4, -0.2) is 24.5 Å². The summed E-state index contributed by atoms with van der Waals surface area (Å²) in [5, 5.41) is 5.19. The van der Waals surface area contributed by atoms with Gasteiger partial charge in [-0.25, -0.2) is 4.79 Å². The van der Waals surface area contributed by atoms with Crippen molar-refractivity contribution in [3.05, 3.63) is 0 Å². The molecule has 2 atom stereocenters. The third kappa shape index (κ3) is 4.18. The molecule has 1 fully saturated rings. The molecule has 0 aromatic heterocycles. The van der Waals surface area contributed by atoms with Crippen molar-refractivity contribution in [2.75, 3.05) is 6.54 Å². The van der Waals surface area contributed by atoms with E-state index in [1.165, 1.54) is 12.8 Å². The van der Waals surface area contributed by atoms with E-state index in [1.807, 2.05) is 0 Å². The summed E-state index contributed by atoms with van der Waals surface area (Å²) in [4.78, 5) is 21.8. The van der Waals surface area contributed by atoms with E-state index in [2.05, 4.69) is 17.6 Å². The average Bonchev–Trinajstić information content (AvgIpc) is 2.18. The average molecular weight is 213 g/mol. The van der Waals surface area contributed by atoms with Gasteiger partial charge < -0.3 is 16.4 Å². The molecule has 5 nitrogen and oxygen atoms in total. The molecule has 15 heavy (non-hydrogen) atoms. The molecule has 3 amide bonds. The first-order valence-electron chi connectivity index (χ1n) is 5.42. The highest BCUT2D eigenvalue weighted by Crippen LogP contribution is 2.23. The lowest BCUT2D eigenvalue weighted by Crippen LogP contribution is -2.46. The quantitative estimate of drug-likeness (QED) is 0.632. The largest absolute Gasteiger partial charge is 0.352 e. The monoisotopic (exact) mass is 213 g/mol. The zero-order valence-corrected chi connectivity index (χ0v) is 9.08. The van der Waals surface area contributed by atoms with Crippen LogP contribution >= 0.6 is 0 Å². The molecule has 0 bridgehead atoms. The fourth-order valence-electron chi connectivity index (χ4n) is 1.96. The zero-order chi connectivity index (χ0) is 11.3. The molecule has 0 aliphatic heterocycles. The van der Waals surface area contributed by atoms with E-state index in [9.17, 15) is 9.59 Å². The van der Waals surface area contributed by atoms with Crippen LogP contribution in [0.4, 0.5) is 4.79 Å². The van der Waals surface area contributed by atoms with Crippen LogP contribution < -0.4 is 16.4 Å². The van der Waals surface area contributed by atoms with Crippen molar-refractivity contribution in [1.82, 2.24) is 10.6 Å². The number of primary amides is 1. The Kier molecular flexibility index (Phi) is 4.39. The van der Waals surface area contributed by atoms with Crippen LogP contribution in [0.3, 0.4) is 0 Å². The molecule has 86 valence electrons. The molecule has 1 aliphatic rings. The topological polar surface area (TPSA) is 84.2 Å². The summed E-state index contributed by atoms with van der Waals surface area (Å²) in [6.07, 6.45) is 4.60. The van der Waals surface area contributed by atoms with Crippen LogP contribution in [0, 0.1) is 5.92 Å². The molecule has 0 heterocycles. The summed E-state index contributed by atoms with van der Waals surface area (Å²) < 4.78 is 0. The Balaban J connectivity index is 2.26. The lowest BCUT2D eigenvalue weighted by atomic mass is 9.86. The molecule has 0 aromatic carbocycles. The lowest BCUT2D eigenvalue weighted by Gasteiger charge is -2.29. The minimum absolute atomic E-state index is 0.0292. The zero-order valence-electron chi connectivity index (χ0n) is 9.08. The van der Waals surface area contributed by atoms with E-state index < -0.39 is 6.03 Å². The van der Waals surface area contributed by atoms with Crippen LogP contribution in [0.2, 0.25) is 0 Å². The van der Waals surface area contributed by atoms with Gasteiger partial charge in [0.15, 0.2) is 0 Å². The molecule has 1 rings (SSSR count). The third-order valence-electron chi connectivity index (χ3n) is 2.88. The Morgan fingerprint density at radius 2 is 2.00 bits per heavy atom. The normalized spacial score (nSPS) is 25.7. The van der Waals surface area contributed by atoms with Crippen LogP contribution in [0.1, 0.15) is 32.6 Å². The van der Waals surface area contributed by atoms with E-state index in [-0.39, 0.29) is 18.5 Å². The molecular formula is C10H19N3O2. The second-order valence-electron chi connectivity index (χ2n) is 4.15. The van der Waals surface area contributed by atoms with Gasteiger partial charge in [-0.15, -0.1) is 0 Å². The Morgan fingerprint density at radius 3 is 2.60 bits per heavy atom. The van der Waals surface area contributed by atoms with Crippen LogP contribution in [0.15, 0.2) is 0 Å². The first-order chi connectivity index (χ1) is 7.09. The fourth-order valence-corrected chi connectivity index (χ4v) is 1.96. The predicted molar refractivity (Wildman–Crippen MR) is 57.1 cm³/mol. The van der Waals surface area contributed by atoms with E-state index in [4.69, 9.17) is 5.73 Å². The first kappa shape index (κ1) is 11.8. The first-order valence-corrected chi connectivity index (χ1v) is 5.42. The molecule has 5 heteroatoms. The fraction of sp³-hybridized carbons (Fsp3) is 0.800. The number of amides is 3. The molecule has 0 unspecified atom stereocenters. The molecule has 1 saturated carbocycles. The Hall–Kier alpha value is -1.26. The van der Waals surface area contributed by atoms with Crippen LogP contribution in [-0.2, 0) is 4.79 Å². The van der Waals surface area contributed by atoms with Gasteiger partial charge in [0.25, 0.3) is 0 Å². The maximum Gasteiger partial charge on any atom is 0.312 e. The van der Waals surface area contributed by atoms with Crippen LogP contribution in [0.5, 0.6) is 0 Å². The van der Waals surface area contributed by atoms with Gasteiger partial charge in [0, 0.05) is 6.04 Å². The highest BCUT2D eigenvalue weighted by Gasteiger charge is 2.22. The number of carbonyl (C=O) groups excluding carboxylic acids is 2.